The van der Waals surface area contributed by atoms with E-state index in [4.69, 9.17) is 21.1 Å². The molecule has 9 nitrogen and oxygen atoms in total. The molecule has 0 fully saturated rings. The zero-order valence-corrected chi connectivity index (χ0v) is 28.0. The number of aliphatic carboxylic acids is 1. The van der Waals surface area contributed by atoms with Gasteiger partial charge in [0.15, 0.2) is 5.60 Å². The minimum Gasteiger partial charge on any atom is -0.478 e. The Bertz CT molecular complexity index is 1590. The highest BCUT2D eigenvalue weighted by Crippen LogP contribution is 2.42. The van der Waals surface area contributed by atoms with E-state index >= 15 is 0 Å². The standard InChI is InChI=1S/C36H43ClN2O7/c1-22-8-7-9-27(23(22)2)32-28-18-25(37)12-15-29(28)39(20-35(3,4)21-40)33(42)30(45-32)19-31(41)38-17-16-24-10-13-26(14-11-24)46-36(5,6)34(43)44/h7-15,18,30,32,40H,16-17,19-21H2,1-6H3,(H,38,41)(H,43,44)/t30-,32-/m1/s1. The van der Waals surface area contributed by atoms with Crippen LogP contribution >= 0.6 is 11.6 Å². The van der Waals surface area contributed by atoms with Crippen molar-refractivity contribution in [1.82, 2.24) is 5.32 Å². The van der Waals surface area contributed by atoms with Crippen LogP contribution in [0.3, 0.4) is 0 Å². The van der Waals surface area contributed by atoms with Crippen molar-refractivity contribution in [2.75, 3.05) is 24.6 Å². The van der Waals surface area contributed by atoms with Gasteiger partial charge in [0.25, 0.3) is 5.91 Å². The first kappa shape index (κ1) is 34.9. The van der Waals surface area contributed by atoms with Crippen molar-refractivity contribution in [1.29, 1.82) is 0 Å². The van der Waals surface area contributed by atoms with Crippen LogP contribution in [0.15, 0.2) is 60.7 Å². The molecule has 0 saturated heterocycles. The van der Waals surface area contributed by atoms with Gasteiger partial charge < -0.3 is 29.9 Å². The van der Waals surface area contributed by atoms with Crippen LogP contribution in [0.1, 0.15) is 68.0 Å². The van der Waals surface area contributed by atoms with Gasteiger partial charge in [-0.25, -0.2) is 4.79 Å². The second-order valence-corrected chi connectivity index (χ2v) is 13.5. The monoisotopic (exact) mass is 650 g/mol. The summed E-state index contributed by atoms with van der Waals surface area (Å²) in [6, 6.07) is 18.3. The number of fused-ring (bicyclic) bond motifs is 1. The number of benzene rings is 3. The minimum absolute atomic E-state index is 0.142. The third-order valence-corrected chi connectivity index (χ3v) is 8.50. The van der Waals surface area contributed by atoms with Crippen LogP contribution in [-0.4, -0.2) is 59.4 Å². The number of carbonyl (C=O) groups is 3. The number of hydrogen-bond acceptors (Lipinski definition) is 6. The molecule has 246 valence electrons. The fourth-order valence-corrected chi connectivity index (χ4v) is 5.47. The number of nitrogens with zero attached hydrogens (tertiary/aromatic N) is 1. The van der Waals surface area contributed by atoms with E-state index in [-0.39, 0.29) is 31.4 Å². The normalized spacial score (nSPS) is 16.9. The number of aliphatic hydroxyl groups excluding tert-OH is 1. The van der Waals surface area contributed by atoms with Crippen LogP contribution in [0, 0.1) is 19.3 Å². The Labute approximate surface area is 275 Å². The van der Waals surface area contributed by atoms with Crippen LogP contribution in [0.2, 0.25) is 5.02 Å². The van der Waals surface area contributed by atoms with E-state index in [2.05, 4.69) is 5.32 Å². The molecule has 10 heteroatoms. The average Bonchev–Trinajstić information content (AvgIpc) is 3.09. The molecule has 1 heterocycles. The zero-order valence-electron chi connectivity index (χ0n) is 27.2. The van der Waals surface area contributed by atoms with Gasteiger partial charge in [-0.1, -0.05) is 55.8 Å². The number of ether oxygens (including phenoxy) is 2. The Morgan fingerprint density at radius 3 is 2.37 bits per heavy atom. The highest BCUT2D eigenvalue weighted by Gasteiger charge is 2.40. The molecular weight excluding hydrogens is 608 g/mol. The fraction of sp³-hybridized carbons (Fsp3) is 0.417. The highest BCUT2D eigenvalue weighted by atomic mass is 35.5. The van der Waals surface area contributed by atoms with Crippen molar-refractivity contribution in [3.63, 3.8) is 0 Å². The molecule has 0 aliphatic carbocycles. The van der Waals surface area contributed by atoms with Crippen molar-refractivity contribution in [3.05, 3.63) is 93.5 Å². The van der Waals surface area contributed by atoms with Gasteiger partial charge in [0.05, 0.1) is 6.42 Å². The van der Waals surface area contributed by atoms with Crippen LogP contribution < -0.4 is 15.0 Å². The van der Waals surface area contributed by atoms with E-state index in [1.165, 1.54) is 13.8 Å². The third kappa shape index (κ3) is 8.26. The number of rotatable bonds is 12. The molecule has 3 aromatic rings. The molecule has 0 saturated carbocycles. The Morgan fingerprint density at radius 1 is 1.02 bits per heavy atom. The largest absolute Gasteiger partial charge is 0.478 e. The first-order chi connectivity index (χ1) is 21.6. The first-order valence-electron chi connectivity index (χ1n) is 15.3. The van der Waals surface area contributed by atoms with E-state index in [0.717, 1.165) is 22.3 Å². The van der Waals surface area contributed by atoms with Crippen molar-refractivity contribution < 1.29 is 34.1 Å². The molecule has 1 aliphatic rings. The molecule has 1 aliphatic heterocycles. The number of aliphatic hydroxyl groups is 1. The molecule has 0 spiro atoms. The molecule has 0 radical (unpaired) electrons. The van der Waals surface area contributed by atoms with E-state index in [1.807, 2.05) is 58.0 Å². The van der Waals surface area contributed by atoms with Gasteiger partial charge in [-0.05, 0) is 86.7 Å². The van der Waals surface area contributed by atoms with Gasteiger partial charge in [-0.3, -0.25) is 9.59 Å². The molecule has 0 unspecified atom stereocenters. The topological polar surface area (TPSA) is 125 Å². The molecule has 3 N–H and O–H groups in total. The maximum atomic E-state index is 14.2. The average molecular weight is 651 g/mol. The van der Waals surface area contributed by atoms with Gasteiger partial charge in [0, 0.05) is 41.4 Å². The zero-order chi connectivity index (χ0) is 33.8. The van der Waals surface area contributed by atoms with Gasteiger partial charge in [-0.2, -0.15) is 0 Å². The SMILES string of the molecule is Cc1cccc([C@H]2O[C@H](CC(=O)NCCc3ccc(OC(C)(C)C(=O)O)cc3)C(=O)N(CC(C)(C)CO)c3ccc(Cl)cc32)c1C. The number of carbonyl (C=O) groups excluding carboxylic acids is 2. The first-order valence-corrected chi connectivity index (χ1v) is 15.7. The lowest BCUT2D eigenvalue weighted by Crippen LogP contribution is -2.46. The number of carboxylic acid groups (broad SMARTS) is 1. The van der Waals surface area contributed by atoms with Crippen molar-refractivity contribution in [3.8, 4) is 5.75 Å². The summed E-state index contributed by atoms with van der Waals surface area (Å²) < 4.78 is 12.1. The molecule has 2 amide bonds. The fourth-order valence-electron chi connectivity index (χ4n) is 5.29. The molecule has 3 aromatic carbocycles. The van der Waals surface area contributed by atoms with E-state index in [1.54, 1.807) is 35.2 Å². The lowest BCUT2D eigenvalue weighted by Gasteiger charge is -2.32. The van der Waals surface area contributed by atoms with Gasteiger partial charge in [-0.15, -0.1) is 0 Å². The maximum Gasteiger partial charge on any atom is 0.347 e. The Morgan fingerprint density at radius 2 is 1.72 bits per heavy atom. The van der Waals surface area contributed by atoms with Gasteiger partial charge in [0.2, 0.25) is 5.91 Å². The number of carboxylic acids is 1. The number of nitrogens with one attached hydrogen (secondary N) is 1. The number of amides is 2. The third-order valence-electron chi connectivity index (χ3n) is 8.27. The Kier molecular flexibility index (Phi) is 10.8. The van der Waals surface area contributed by atoms with Crippen LogP contribution in [-0.2, 0) is 25.5 Å². The number of halogens is 1. The predicted octanol–water partition coefficient (Wildman–Crippen LogP) is 5.79. The highest BCUT2D eigenvalue weighted by molar-refractivity contribution is 6.30. The van der Waals surface area contributed by atoms with Crippen molar-refractivity contribution in [2.45, 2.75) is 72.2 Å². The summed E-state index contributed by atoms with van der Waals surface area (Å²) in [7, 11) is 0. The summed E-state index contributed by atoms with van der Waals surface area (Å²) in [6.07, 6.45) is -1.45. The van der Waals surface area contributed by atoms with Crippen LogP contribution in [0.4, 0.5) is 5.69 Å². The quantitative estimate of drug-likeness (QED) is 0.227. The summed E-state index contributed by atoms with van der Waals surface area (Å²) in [4.78, 5) is 40.4. The summed E-state index contributed by atoms with van der Waals surface area (Å²) in [5.41, 5.74) is 3.24. The van der Waals surface area contributed by atoms with Crippen LogP contribution in [0.5, 0.6) is 5.75 Å². The second-order valence-electron chi connectivity index (χ2n) is 13.1. The molecule has 0 aromatic heterocycles. The van der Waals surface area contributed by atoms with E-state index in [9.17, 15) is 24.6 Å². The number of anilines is 1. The van der Waals surface area contributed by atoms with E-state index in [0.29, 0.717) is 35.0 Å². The van der Waals surface area contributed by atoms with Crippen molar-refractivity contribution in [2.24, 2.45) is 5.41 Å². The predicted molar refractivity (Wildman–Crippen MR) is 177 cm³/mol. The Hall–Kier alpha value is -3.92. The smallest absolute Gasteiger partial charge is 0.347 e. The summed E-state index contributed by atoms with van der Waals surface area (Å²) in [5, 5.41) is 22.8. The number of aryl methyl sites for hydroxylation is 1. The molecular formula is C36H43ClN2O7. The second kappa shape index (κ2) is 14.2. The van der Waals surface area contributed by atoms with Crippen LogP contribution in [0.25, 0.3) is 0 Å². The number of hydrogen-bond donors (Lipinski definition) is 3. The lowest BCUT2D eigenvalue weighted by molar-refractivity contribution is -0.152. The minimum atomic E-state index is -1.36. The molecule has 46 heavy (non-hydrogen) atoms. The lowest BCUT2D eigenvalue weighted by atomic mass is 9.91. The maximum absolute atomic E-state index is 14.2. The Balaban J connectivity index is 1.55. The van der Waals surface area contributed by atoms with Gasteiger partial charge in [0.1, 0.15) is 18.0 Å². The molecule has 4 rings (SSSR count). The molecule has 2 atom stereocenters. The summed E-state index contributed by atoms with van der Waals surface area (Å²) in [6.45, 7) is 11.1. The van der Waals surface area contributed by atoms with Crippen molar-refractivity contribution >= 4 is 35.1 Å². The summed E-state index contributed by atoms with van der Waals surface area (Å²) >= 11 is 6.48. The molecule has 0 bridgehead atoms. The van der Waals surface area contributed by atoms with E-state index < -0.39 is 29.2 Å². The van der Waals surface area contributed by atoms with Gasteiger partial charge >= 0.3 is 5.97 Å². The summed E-state index contributed by atoms with van der Waals surface area (Å²) in [5.74, 6) is -1.35.